The van der Waals surface area contributed by atoms with Gasteiger partial charge >= 0.3 is 11.8 Å². The van der Waals surface area contributed by atoms with E-state index in [4.69, 9.17) is 4.74 Å². The maximum absolute atomic E-state index is 12.4. The van der Waals surface area contributed by atoms with E-state index in [2.05, 4.69) is 10.6 Å². The van der Waals surface area contributed by atoms with E-state index in [9.17, 15) is 9.59 Å². The van der Waals surface area contributed by atoms with Gasteiger partial charge in [-0.1, -0.05) is 67.6 Å². The Morgan fingerprint density at radius 2 is 1.37 bits per heavy atom. The highest BCUT2D eigenvalue weighted by Gasteiger charge is 2.18. The second-order valence-electron chi connectivity index (χ2n) is 6.91. The number of carbonyl (C=O) groups excluding carboxylic acids is 2. The molecule has 2 amide bonds. The molecular formula is C25H26N2O3. The van der Waals surface area contributed by atoms with Gasteiger partial charge in [-0.05, 0) is 41.8 Å². The molecule has 3 aromatic rings. The molecule has 0 bridgehead atoms. The predicted molar refractivity (Wildman–Crippen MR) is 119 cm³/mol. The van der Waals surface area contributed by atoms with Crippen LogP contribution in [-0.4, -0.2) is 25.0 Å². The number of carbonyl (C=O) groups is 2. The average molecular weight is 402 g/mol. The Morgan fingerprint density at radius 3 is 1.90 bits per heavy atom. The fraction of sp³-hybridized carbons (Fsp3) is 0.200. The topological polar surface area (TPSA) is 67.4 Å². The summed E-state index contributed by atoms with van der Waals surface area (Å²) in [5.74, 6) is -0.678. The standard InChI is InChI=1S/C25H26N2O3/c1-2-17-30-22-15-13-21(14-16-22)27-25(29)24(28)26-18-23(19-9-5-3-6-10-19)20-11-7-4-8-12-20/h3-16,23H,2,17-18H2,1H3,(H,26,28)(H,27,29). The molecule has 0 aromatic heterocycles. The molecule has 0 atom stereocenters. The third-order valence-electron chi connectivity index (χ3n) is 4.66. The lowest BCUT2D eigenvalue weighted by molar-refractivity contribution is -0.136. The summed E-state index contributed by atoms with van der Waals surface area (Å²) < 4.78 is 5.52. The molecule has 0 radical (unpaired) electrons. The molecule has 5 nitrogen and oxygen atoms in total. The van der Waals surface area contributed by atoms with Gasteiger partial charge in [0.2, 0.25) is 0 Å². The van der Waals surface area contributed by atoms with Crippen LogP contribution in [0.2, 0.25) is 0 Å². The van der Waals surface area contributed by atoms with Crippen molar-refractivity contribution in [3.8, 4) is 5.75 Å². The van der Waals surface area contributed by atoms with Gasteiger partial charge in [-0.3, -0.25) is 9.59 Å². The van der Waals surface area contributed by atoms with Crippen LogP contribution in [0.1, 0.15) is 30.4 Å². The minimum absolute atomic E-state index is 0.0425. The van der Waals surface area contributed by atoms with E-state index in [0.29, 0.717) is 18.8 Å². The molecule has 0 aliphatic rings. The zero-order valence-electron chi connectivity index (χ0n) is 17.0. The molecule has 2 N–H and O–H groups in total. The first-order valence-corrected chi connectivity index (χ1v) is 10.1. The first-order valence-electron chi connectivity index (χ1n) is 10.1. The van der Waals surface area contributed by atoms with Crippen molar-refractivity contribution >= 4 is 17.5 Å². The van der Waals surface area contributed by atoms with Crippen molar-refractivity contribution in [2.45, 2.75) is 19.3 Å². The third kappa shape index (κ3) is 5.95. The third-order valence-corrected chi connectivity index (χ3v) is 4.66. The number of benzene rings is 3. The number of amides is 2. The van der Waals surface area contributed by atoms with E-state index >= 15 is 0 Å². The van der Waals surface area contributed by atoms with Crippen molar-refractivity contribution in [3.05, 3.63) is 96.1 Å². The summed E-state index contributed by atoms with van der Waals surface area (Å²) in [6.45, 7) is 3.00. The van der Waals surface area contributed by atoms with Gasteiger partial charge < -0.3 is 15.4 Å². The molecule has 3 rings (SSSR count). The van der Waals surface area contributed by atoms with Crippen LogP contribution < -0.4 is 15.4 Å². The Hall–Kier alpha value is -3.60. The zero-order valence-corrected chi connectivity index (χ0v) is 17.0. The average Bonchev–Trinajstić information content (AvgIpc) is 2.80. The summed E-state index contributed by atoms with van der Waals surface area (Å²) in [7, 11) is 0. The van der Waals surface area contributed by atoms with Gasteiger partial charge in [0, 0.05) is 18.2 Å². The first kappa shape index (κ1) is 21.1. The van der Waals surface area contributed by atoms with Crippen LogP contribution >= 0.6 is 0 Å². The summed E-state index contributed by atoms with van der Waals surface area (Å²) in [5, 5.41) is 5.39. The number of ether oxygens (including phenoxy) is 1. The molecule has 0 saturated heterocycles. The number of hydrogen-bond donors (Lipinski definition) is 2. The minimum Gasteiger partial charge on any atom is -0.494 e. The van der Waals surface area contributed by atoms with Crippen LogP contribution in [0.25, 0.3) is 0 Å². The van der Waals surface area contributed by atoms with Gasteiger partial charge in [0.15, 0.2) is 0 Å². The lowest BCUT2D eigenvalue weighted by atomic mass is 9.91. The Balaban J connectivity index is 1.60. The molecule has 0 saturated carbocycles. The Labute approximate surface area is 177 Å². The van der Waals surface area contributed by atoms with E-state index in [0.717, 1.165) is 23.3 Å². The highest BCUT2D eigenvalue weighted by Crippen LogP contribution is 2.23. The van der Waals surface area contributed by atoms with E-state index in [1.807, 2.05) is 67.6 Å². The maximum Gasteiger partial charge on any atom is 0.313 e. The van der Waals surface area contributed by atoms with Crippen molar-refractivity contribution < 1.29 is 14.3 Å². The number of anilines is 1. The summed E-state index contributed by atoms with van der Waals surface area (Å²) in [5.41, 5.74) is 2.70. The predicted octanol–water partition coefficient (Wildman–Crippen LogP) is 4.36. The molecule has 154 valence electrons. The SMILES string of the molecule is CCCOc1ccc(NC(=O)C(=O)NCC(c2ccccc2)c2ccccc2)cc1. The molecule has 0 fully saturated rings. The highest BCUT2D eigenvalue weighted by atomic mass is 16.5. The van der Waals surface area contributed by atoms with Crippen LogP contribution in [0, 0.1) is 0 Å². The quantitative estimate of drug-likeness (QED) is 0.550. The maximum atomic E-state index is 12.4. The lowest BCUT2D eigenvalue weighted by Crippen LogP contribution is -2.37. The van der Waals surface area contributed by atoms with E-state index in [-0.39, 0.29) is 5.92 Å². The summed E-state index contributed by atoms with van der Waals surface area (Å²) in [6.07, 6.45) is 0.922. The summed E-state index contributed by atoms with van der Waals surface area (Å²) in [4.78, 5) is 24.7. The Morgan fingerprint density at radius 1 is 0.800 bits per heavy atom. The van der Waals surface area contributed by atoms with Crippen LogP contribution in [0.5, 0.6) is 5.75 Å². The molecule has 0 heterocycles. The van der Waals surface area contributed by atoms with Crippen LogP contribution in [-0.2, 0) is 9.59 Å². The second kappa shape index (κ2) is 10.8. The van der Waals surface area contributed by atoms with E-state index in [1.165, 1.54) is 0 Å². The summed E-state index contributed by atoms with van der Waals surface area (Å²) in [6, 6.07) is 26.8. The van der Waals surface area contributed by atoms with Gasteiger partial charge in [-0.2, -0.15) is 0 Å². The van der Waals surface area contributed by atoms with Crippen molar-refractivity contribution in [2.75, 3.05) is 18.5 Å². The largest absolute Gasteiger partial charge is 0.494 e. The molecule has 0 unspecified atom stereocenters. The zero-order chi connectivity index (χ0) is 21.2. The van der Waals surface area contributed by atoms with Gasteiger partial charge in [0.1, 0.15) is 5.75 Å². The van der Waals surface area contributed by atoms with Crippen LogP contribution in [0.4, 0.5) is 5.69 Å². The monoisotopic (exact) mass is 402 g/mol. The van der Waals surface area contributed by atoms with Crippen molar-refractivity contribution in [2.24, 2.45) is 0 Å². The normalized spacial score (nSPS) is 10.5. The van der Waals surface area contributed by atoms with Crippen LogP contribution in [0.15, 0.2) is 84.9 Å². The Kier molecular flexibility index (Phi) is 7.61. The van der Waals surface area contributed by atoms with Crippen molar-refractivity contribution in [3.63, 3.8) is 0 Å². The van der Waals surface area contributed by atoms with E-state index < -0.39 is 11.8 Å². The first-order chi connectivity index (χ1) is 14.7. The van der Waals surface area contributed by atoms with Crippen molar-refractivity contribution in [1.82, 2.24) is 5.32 Å². The molecule has 30 heavy (non-hydrogen) atoms. The Bertz CT molecular complexity index is 902. The molecule has 0 aliphatic carbocycles. The van der Waals surface area contributed by atoms with Gasteiger partial charge in [-0.15, -0.1) is 0 Å². The number of hydrogen-bond acceptors (Lipinski definition) is 3. The van der Waals surface area contributed by atoms with Gasteiger partial charge in [0.25, 0.3) is 0 Å². The lowest BCUT2D eigenvalue weighted by Gasteiger charge is -2.18. The molecule has 5 heteroatoms. The number of rotatable bonds is 8. The number of nitrogens with one attached hydrogen (secondary N) is 2. The smallest absolute Gasteiger partial charge is 0.313 e. The fourth-order valence-electron chi connectivity index (χ4n) is 3.12. The minimum atomic E-state index is -0.697. The molecule has 0 aliphatic heterocycles. The van der Waals surface area contributed by atoms with Gasteiger partial charge in [0.05, 0.1) is 6.61 Å². The second-order valence-corrected chi connectivity index (χ2v) is 6.91. The van der Waals surface area contributed by atoms with E-state index in [1.54, 1.807) is 24.3 Å². The van der Waals surface area contributed by atoms with Crippen molar-refractivity contribution in [1.29, 1.82) is 0 Å². The highest BCUT2D eigenvalue weighted by molar-refractivity contribution is 6.39. The molecule has 0 spiro atoms. The summed E-state index contributed by atoms with van der Waals surface area (Å²) >= 11 is 0. The molecular weight excluding hydrogens is 376 g/mol. The molecule has 3 aromatic carbocycles. The van der Waals surface area contributed by atoms with Gasteiger partial charge in [-0.25, -0.2) is 0 Å². The van der Waals surface area contributed by atoms with Crippen LogP contribution in [0.3, 0.4) is 0 Å². The fourth-order valence-corrected chi connectivity index (χ4v) is 3.12.